The molecule has 2 atom stereocenters. The average Bonchev–Trinajstić information content (AvgIpc) is 2.02. The molecule has 0 aromatic carbocycles. The number of ether oxygens (including phenoxy) is 1. The summed E-state index contributed by atoms with van der Waals surface area (Å²) in [5.41, 5.74) is 0.0969. The van der Waals surface area contributed by atoms with Crippen molar-refractivity contribution in [2.45, 2.75) is 70.7 Å². The van der Waals surface area contributed by atoms with Crippen LogP contribution in [-0.2, 0) is 4.74 Å². The Labute approximate surface area is 86.6 Å². The van der Waals surface area contributed by atoms with Crippen molar-refractivity contribution in [1.29, 1.82) is 0 Å². The smallest absolute Gasteiger partial charge is 0.0792 e. The highest BCUT2D eigenvalue weighted by Crippen LogP contribution is 2.62. The van der Waals surface area contributed by atoms with Crippen molar-refractivity contribution < 1.29 is 9.84 Å². The molecule has 0 aromatic heterocycles. The molecule has 0 radical (unpaired) electrons. The third-order valence-corrected chi connectivity index (χ3v) is 4.78. The lowest BCUT2D eigenvalue weighted by molar-refractivity contribution is -0.370. The Morgan fingerprint density at radius 1 is 1.21 bits per heavy atom. The van der Waals surface area contributed by atoms with Gasteiger partial charge in [-0.2, -0.15) is 0 Å². The lowest BCUT2D eigenvalue weighted by atomic mass is 9.54. The molecule has 0 amide bonds. The molecule has 0 bridgehead atoms. The quantitative estimate of drug-likeness (QED) is 0.648. The molecule has 1 heterocycles. The number of rotatable bonds is 0. The average molecular weight is 198 g/mol. The Kier molecular flexibility index (Phi) is 2.04. The highest BCUT2D eigenvalue weighted by molar-refractivity contribution is 5.14. The molecule has 1 N–H and O–H groups in total. The van der Waals surface area contributed by atoms with E-state index in [1.54, 1.807) is 0 Å². The topological polar surface area (TPSA) is 29.5 Å². The van der Waals surface area contributed by atoms with Gasteiger partial charge in [-0.15, -0.1) is 0 Å². The van der Waals surface area contributed by atoms with E-state index in [0.717, 1.165) is 25.7 Å². The molecule has 2 nitrogen and oxygen atoms in total. The van der Waals surface area contributed by atoms with Gasteiger partial charge in [-0.1, -0.05) is 13.8 Å². The van der Waals surface area contributed by atoms with Gasteiger partial charge in [-0.25, -0.2) is 0 Å². The molecule has 14 heavy (non-hydrogen) atoms. The molecule has 1 spiro atoms. The van der Waals surface area contributed by atoms with Gasteiger partial charge >= 0.3 is 0 Å². The molecular weight excluding hydrogens is 176 g/mol. The summed E-state index contributed by atoms with van der Waals surface area (Å²) in [6, 6.07) is 0. The van der Waals surface area contributed by atoms with Gasteiger partial charge in [-0.3, -0.25) is 0 Å². The van der Waals surface area contributed by atoms with Crippen LogP contribution < -0.4 is 0 Å². The third kappa shape index (κ3) is 1.10. The van der Waals surface area contributed by atoms with E-state index in [1.165, 1.54) is 0 Å². The van der Waals surface area contributed by atoms with Crippen LogP contribution in [0.2, 0.25) is 0 Å². The highest BCUT2D eigenvalue weighted by Gasteiger charge is 2.66. The molecule has 1 saturated heterocycles. The maximum absolute atomic E-state index is 9.73. The largest absolute Gasteiger partial charge is 0.393 e. The summed E-state index contributed by atoms with van der Waals surface area (Å²) in [5, 5.41) is 9.73. The van der Waals surface area contributed by atoms with E-state index in [1.807, 2.05) is 0 Å². The van der Waals surface area contributed by atoms with Gasteiger partial charge in [-0.05, 0) is 33.1 Å². The Morgan fingerprint density at radius 2 is 1.86 bits per heavy atom. The Balaban J connectivity index is 2.20. The standard InChI is InChI=1S/C12H22O2/c1-10(2)11(3,4)14-12(10)7-5-6-9(13)8-12/h9,13H,5-8H2,1-4H3. The molecule has 1 aliphatic heterocycles. The second-order valence-electron chi connectivity index (χ2n) is 5.98. The molecule has 2 rings (SSSR count). The minimum absolute atomic E-state index is 0.0376. The van der Waals surface area contributed by atoms with Gasteiger partial charge in [0.1, 0.15) is 0 Å². The Morgan fingerprint density at radius 3 is 2.29 bits per heavy atom. The van der Waals surface area contributed by atoms with Crippen LogP contribution in [0.1, 0.15) is 53.4 Å². The van der Waals surface area contributed by atoms with Crippen molar-refractivity contribution in [3.8, 4) is 0 Å². The van der Waals surface area contributed by atoms with Crippen LogP contribution in [0, 0.1) is 5.41 Å². The van der Waals surface area contributed by atoms with Crippen molar-refractivity contribution >= 4 is 0 Å². The summed E-state index contributed by atoms with van der Waals surface area (Å²) in [6.07, 6.45) is 3.82. The van der Waals surface area contributed by atoms with Crippen molar-refractivity contribution in [1.82, 2.24) is 0 Å². The number of hydrogen-bond acceptors (Lipinski definition) is 2. The summed E-state index contributed by atoms with van der Waals surface area (Å²) in [4.78, 5) is 0. The van der Waals surface area contributed by atoms with Crippen molar-refractivity contribution in [2.24, 2.45) is 5.41 Å². The van der Waals surface area contributed by atoms with Crippen LogP contribution >= 0.6 is 0 Å². The molecular formula is C12H22O2. The van der Waals surface area contributed by atoms with Crippen molar-refractivity contribution in [2.75, 3.05) is 0 Å². The van der Waals surface area contributed by atoms with E-state index >= 15 is 0 Å². The van der Waals surface area contributed by atoms with E-state index in [9.17, 15) is 5.11 Å². The highest BCUT2D eigenvalue weighted by atomic mass is 16.6. The number of aliphatic hydroxyl groups excluding tert-OH is 1. The summed E-state index contributed by atoms with van der Waals surface area (Å²) < 4.78 is 6.08. The van der Waals surface area contributed by atoms with Gasteiger partial charge in [0.05, 0.1) is 17.3 Å². The zero-order chi connectivity index (χ0) is 10.6. The lowest BCUT2D eigenvalue weighted by Crippen LogP contribution is -2.73. The molecule has 82 valence electrons. The van der Waals surface area contributed by atoms with Crippen molar-refractivity contribution in [3.05, 3.63) is 0 Å². The van der Waals surface area contributed by atoms with Gasteiger partial charge in [0.2, 0.25) is 0 Å². The SMILES string of the molecule is CC1(C)OC2(CCCC(O)C2)C1(C)C. The molecule has 2 fully saturated rings. The Hall–Kier alpha value is -0.0800. The summed E-state index contributed by atoms with van der Waals surface area (Å²) in [6.45, 7) is 8.85. The second kappa shape index (κ2) is 2.73. The fourth-order valence-corrected chi connectivity index (χ4v) is 3.11. The lowest BCUT2D eigenvalue weighted by Gasteiger charge is -2.68. The maximum Gasteiger partial charge on any atom is 0.0792 e. The second-order valence-corrected chi connectivity index (χ2v) is 5.98. The molecule has 1 aliphatic carbocycles. The van der Waals surface area contributed by atoms with Gasteiger partial charge in [0, 0.05) is 11.8 Å². The Bertz CT molecular complexity index is 241. The van der Waals surface area contributed by atoms with Crippen LogP contribution in [0.15, 0.2) is 0 Å². The first-order valence-electron chi connectivity index (χ1n) is 5.69. The van der Waals surface area contributed by atoms with E-state index in [-0.39, 0.29) is 22.7 Å². The minimum atomic E-state index is -0.154. The molecule has 2 unspecified atom stereocenters. The van der Waals surface area contributed by atoms with Crippen LogP contribution in [-0.4, -0.2) is 22.4 Å². The monoisotopic (exact) mass is 198 g/mol. The van der Waals surface area contributed by atoms with Crippen LogP contribution in [0.5, 0.6) is 0 Å². The fourth-order valence-electron chi connectivity index (χ4n) is 3.11. The minimum Gasteiger partial charge on any atom is -0.393 e. The predicted octanol–water partition coefficient (Wildman–Crippen LogP) is 2.50. The van der Waals surface area contributed by atoms with Gasteiger partial charge in [0.15, 0.2) is 0 Å². The maximum atomic E-state index is 9.73. The molecule has 1 saturated carbocycles. The summed E-state index contributed by atoms with van der Waals surface area (Å²) in [5.74, 6) is 0. The normalized spacial score (nSPS) is 44.8. The zero-order valence-corrected chi connectivity index (χ0v) is 9.76. The van der Waals surface area contributed by atoms with E-state index < -0.39 is 0 Å². The van der Waals surface area contributed by atoms with Crippen molar-refractivity contribution in [3.63, 3.8) is 0 Å². The van der Waals surface area contributed by atoms with E-state index in [0.29, 0.717) is 0 Å². The van der Waals surface area contributed by atoms with Gasteiger partial charge < -0.3 is 9.84 Å². The summed E-state index contributed by atoms with van der Waals surface area (Å²) in [7, 11) is 0. The zero-order valence-electron chi connectivity index (χ0n) is 9.76. The fraction of sp³-hybridized carbons (Fsp3) is 1.00. The molecule has 2 heteroatoms. The predicted molar refractivity (Wildman–Crippen MR) is 56.2 cm³/mol. The van der Waals surface area contributed by atoms with Crippen LogP contribution in [0.4, 0.5) is 0 Å². The van der Waals surface area contributed by atoms with E-state index in [2.05, 4.69) is 27.7 Å². The first kappa shape index (κ1) is 10.4. The van der Waals surface area contributed by atoms with Crippen LogP contribution in [0.25, 0.3) is 0 Å². The first-order chi connectivity index (χ1) is 6.31. The number of hydrogen-bond donors (Lipinski definition) is 1. The first-order valence-corrected chi connectivity index (χ1v) is 5.69. The van der Waals surface area contributed by atoms with Gasteiger partial charge in [0.25, 0.3) is 0 Å². The number of aliphatic hydroxyl groups is 1. The van der Waals surface area contributed by atoms with Crippen LogP contribution in [0.3, 0.4) is 0 Å². The molecule has 2 aliphatic rings. The summed E-state index contributed by atoms with van der Waals surface area (Å²) >= 11 is 0. The van der Waals surface area contributed by atoms with E-state index in [4.69, 9.17) is 4.74 Å². The third-order valence-electron chi connectivity index (χ3n) is 4.78. The molecule has 0 aromatic rings.